The van der Waals surface area contributed by atoms with Crippen LogP contribution >= 0.6 is 0 Å². The lowest BCUT2D eigenvalue weighted by Gasteiger charge is -2.25. The molecule has 2 rings (SSSR count). The molecule has 1 N–H and O–H groups in total. The number of hydrogen-bond acceptors (Lipinski definition) is 1. The zero-order chi connectivity index (χ0) is 9.26. The van der Waals surface area contributed by atoms with Gasteiger partial charge in [-0.3, -0.25) is 0 Å². The molecular formula is C11H14FN. The third-order valence-electron chi connectivity index (χ3n) is 2.75. The fraction of sp³-hybridized carbons (Fsp3) is 0.455. The number of nitrogens with one attached hydrogen (secondary N) is 1. The zero-order valence-electron chi connectivity index (χ0n) is 7.81. The second-order valence-corrected chi connectivity index (χ2v) is 3.58. The van der Waals surface area contributed by atoms with E-state index in [1.165, 1.54) is 11.1 Å². The first kappa shape index (κ1) is 8.70. The van der Waals surface area contributed by atoms with Crippen molar-refractivity contribution in [2.24, 2.45) is 0 Å². The van der Waals surface area contributed by atoms with E-state index in [1.807, 2.05) is 6.07 Å². The third kappa shape index (κ3) is 1.59. The molecule has 1 nitrogen and oxygen atoms in total. The molecule has 13 heavy (non-hydrogen) atoms. The van der Waals surface area contributed by atoms with Crippen molar-refractivity contribution in [3.8, 4) is 0 Å². The van der Waals surface area contributed by atoms with Gasteiger partial charge in [0.2, 0.25) is 0 Å². The highest BCUT2D eigenvalue weighted by molar-refractivity contribution is 5.33. The zero-order valence-corrected chi connectivity index (χ0v) is 7.81. The van der Waals surface area contributed by atoms with Crippen LogP contribution < -0.4 is 5.32 Å². The van der Waals surface area contributed by atoms with Gasteiger partial charge >= 0.3 is 0 Å². The summed E-state index contributed by atoms with van der Waals surface area (Å²) in [7, 11) is 0. The summed E-state index contributed by atoms with van der Waals surface area (Å²) >= 11 is 0. The highest BCUT2D eigenvalue weighted by Crippen LogP contribution is 2.26. The average Bonchev–Trinajstić information content (AvgIpc) is 2.17. The highest BCUT2D eigenvalue weighted by Gasteiger charge is 2.18. The first-order valence-electron chi connectivity index (χ1n) is 4.80. The van der Waals surface area contributed by atoms with Gasteiger partial charge in [0.25, 0.3) is 0 Å². The molecule has 0 bridgehead atoms. The molecule has 1 unspecified atom stereocenters. The van der Waals surface area contributed by atoms with E-state index in [0.717, 1.165) is 19.5 Å². The number of halogens is 1. The van der Waals surface area contributed by atoms with Crippen molar-refractivity contribution in [2.75, 3.05) is 6.54 Å². The molecule has 1 heterocycles. The van der Waals surface area contributed by atoms with Crippen LogP contribution in [0.25, 0.3) is 0 Å². The monoisotopic (exact) mass is 179 g/mol. The maximum absolute atomic E-state index is 13.0. The molecule has 1 atom stereocenters. The van der Waals surface area contributed by atoms with Crippen LogP contribution in [-0.4, -0.2) is 6.54 Å². The molecule has 2 heteroatoms. The summed E-state index contributed by atoms with van der Waals surface area (Å²) < 4.78 is 13.0. The molecule has 1 aromatic rings. The Morgan fingerprint density at radius 2 is 2.38 bits per heavy atom. The van der Waals surface area contributed by atoms with E-state index in [0.29, 0.717) is 5.92 Å². The first-order chi connectivity index (χ1) is 6.31. The first-order valence-corrected chi connectivity index (χ1v) is 4.80. The summed E-state index contributed by atoms with van der Waals surface area (Å²) in [5.41, 5.74) is 2.45. The van der Waals surface area contributed by atoms with Crippen molar-refractivity contribution >= 4 is 0 Å². The second kappa shape index (κ2) is 3.46. The average molecular weight is 179 g/mol. The Morgan fingerprint density at radius 1 is 1.54 bits per heavy atom. The molecule has 1 aliphatic rings. The van der Waals surface area contributed by atoms with Crippen molar-refractivity contribution in [3.05, 3.63) is 35.1 Å². The largest absolute Gasteiger partial charge is 0.312 e. The number of rotatable bonds is 1. The SMILES string of the molecule is CCC1CNCc2ccc(F)cc21. The Bertz CT molecular complexity index is 309. The fourth-order valence-corrected chi connectivity index (χ4v) is 1.96. The molecule has 70 valence electrons. The van der Waals surface area contributed by atoms with Crippen LogP contribution in [0.2, 0.25) is 0 Å². The van der Waals surface area contributed by atoms with Gasteiger partial charge < -0.3 is 5.32 Å². The standard InChI is InChI=1S/C11H14FN/c1-2-8-6-13-7-9-3-4-10(12)5-11(8)9/h3-5,8,13H,2,6-7H2,1H3. The van der Waals surface area contributed by atoms with Gasteiger partial charge in [-0.05, 0) is 35.6 Å². The van der Waals surface area contributed by atoms with E-state index in [1.54, 1.807) is 12.1 Å². The Hall–Kier alpha value is -0.890. The minimum Gasteiger partial charge on any atom is -0.312 e. The van der Waals surface area contributed by atoms with E-state index in [-0.39, 0.29) is 5.82 Å². The normalized spacial score (nSPS) is 21.2. The minimum atomic E-state index is -0.112. The lowest BCUT2D eigenvalue weighted by molar-refractivity contribution is 0.523. The molecule has 0 saturated heterocycles. The van der Waals surface area contributed by atoms with Gasteiger partial charge in [-0.2, -0.15) is 0 Å². The molecule has 1 aliphatic heterocycles. The minimum absolute atomic E-state index is 0.112. The smallest absolute Gasteiger partial charge is 0.123 e. The predicted molar refractivity (Wildman–Crippen MR) is 51.1 cm³/mol. The van der Waals surface area contributed by atoms with Gasteiger partial charge in [0.05, 0.1) is 0 Å². The van der Waals surface area contributed by atoms with Gasteiger partial charge in [0, 0.05) is 13.1 Å². The number of fused-ring (bicyclic) bond motifs is 1. The lowest BCUT2D eigenvalue weighted by Crippen LogP contribution is -2.27. The molecule has 0 aromatic heterocycles. The van der Waals surface area contributed by atoms with Crippen LogP contribution in [0.1, 0.15) is 30.4 Å². The van der Waals surface area contributed by atoms with Gasteiger partial charge in [-0.1, -0.05) is 13.0 Å². The summed E-state index contributed by atoms with van der Waals surface area (Å²) in [5.74, 6) is 0.374. The fourth-order valence-electron chi connectivity index (χ4n) is 1.96. The van der Waals surface area contributed by atoms with Crippen LogP contribution in [0.3, 0.4) is 0 Å². The van der Waals surface area contributed by atoms with Crippen molar-refractivity contribution in [1.82, 2.24) is 5.32 Å². The van der Waals surface area contributed by atoms with Crippen molar-refractivity contribution in [1.29, 1.82) is 0 Å². The molecule has 0 saturated carbocycles. The summed E-state index contributed by atoms with van der Waals surface area (Å²) in [6, 6.07) is 5.11. The maximum Gasteiger partial charge on any atom is 0.123 e. The van der Waals surface area contributed by atoms with Gasteiger partial charge in [0.1, 0.15) is 5.82 Å². The van der Waals surface area contributed by atoms with Crippen LogP contribution in [0.4, 0.5) is 4.39 Å². The number of hydrogen-bond donors (Lipinski definition) is 1. The second-order valence-electron chi connectivity index (χ2n) is 3.58. The van der Waals surface area contributed by atoms with E-state index in [9.17, 15) is 4.39 Å². The molecule has 0 aliphatic carbocycles. The summed E-state index contributed by atoms with van der Waals surface area (Å²) in [5, 5.41) is 3.34. The van der Waals surface area contributed by atoms with Gasteiger partial charge in [-0.25, -0.2) is 4.39 Å². The van der Waals surface area contributed by atoms with Gasteiger partial charge in [0.15, 0.2) is 0 Å². The Labute approximate surface area is 78.0 Å². The predicted octanol–water partition coefficient (Wildman–Crippen LogP) is 2.42. The third-order valence-corrected chi connectivity index (χ3v) is 2.75. The summed E-state index contributed by atoms with van der Waals surface area (Å²) in [6.07, 6.45) is 1.07. The molecule has 0 radical (unpaired) electrons. The molecule has 0 fully saturated rings. The van der Waals surface area contributed by atoms with Crippen molar-refractivity contribution in [2.45, 2.75) is 25.8 Å². The Balaban J connectivity index is 2.41. The molecule has 0 spiro atoms. The van der Waals surface area contributed by atoms with E-state index in [2.05, 4.69) is 12.2 Å². The molecular weight excluding hydrogens is 165 g/mol. The summed E-state index contributed by atoms with van der Waals surface area (Å²) in [6.45, 7) is 4.01. The number of benzene rings is 1. The Kier molecular flexibility index (Phi) is 2.32. The van der Waals surface area contributed by atoms with Crippen LogP contribution in [-0.2, 0) is 6.54 Å². The van der Waals surface area contributed by atoms with Crippen molar-refractivity contribution < 1.29 is 4.39 Å². The Morgan fingerprint density at radius 3 is 3.15 bits per heavy atom. The molecule has 0 amide bonds. The topological polar surface area (TPSA) is 12.0 Å². The molecule has 1 aromatic carbocycles. The van der Waals surface area contributed by atoms with Crippen LogP contribution in [0, 0.1) is 5.82 Å². The van der Waals surface area contributed by atoms with E-state index in [4.69, 9.17) is 0 Å². The maximum atomic E-state index is 13.0. The van der Waals surface area contributed by atoms with Crippen LogP contribution in [0.5, 0.6) is 0 Å². The van der Waals surface area contributed by atoms with E-state index < -0.39 is 0 Å². The highest BCUT2D eigenvalue weighted by atomic mass is 19.1. The summed E-state index contributed by atoms with van der Waals surface area (Å²) in [4.78, 5) is 0. The quantitative estimate of drug-likeness (QED) is 0.698. The van der Waals surface area contributed by atoms with Gasteiger partial charge in [-0.15, -0.1) is 0 Å². The van der Waals surface area contributed by atoms with Crippen molar-refractivity contribution in [3.63, 3.8) is 0 Å². The van der Waals surface area contributed by atoms with E-state index >= 15 is 0 Å². The van der Waals surface area contributed by atoms with Crippen LogP contribution in [0.15, 0.2) is 18.2 Å². The lowest BCUT2D eigenvalue weighted by atomic mass is 9.89.